The molecule has 0 spiro atoms. The highest BCUT2D eigenvalue weighted by Crippen LogP contribution is 2.38. The fraction of sp³-hybridized carbons (Fsp3) is 0.406. The molecule has 0 aromatic heterocycles. The lowest BCUT2D eigenvalue weighted by Gasteiger charge is -2.41. The van der Waals surface area contributed by atoms with Gasteiger partial charge in [0, 0.05) is 75.6 Å². The van der Waals surface area contributed by atoms with Crippen LogP contribution in [0.5, 0.6) is 0 Å². The van der Waals surface area contributed by atoms with Crippen LogP contribution >= 0.6 is 0 Å². The van der Waals surface area contributed by atoms with Gasteiger partial charge in [0.05, 0.1) is 23.7 Å². The number of nitro groups is 1. The van der Waals surface area contributed by atoms with Crippen LogP contribution < -0.4 is 15.5 Å². The fourth-order valence-electron chi connectivity index (χ4n) is 5.49. The highest BCUT2D eigenvalue weighted by molar-refractivity contribution is 5.73. The number of piperazine rings is 1. The lowest BCUT2D eigenvalue weighted by molar-refractivity contribution is -0.384. The molecule has 228 valence electrons. The van der Waals surface area contributed by atoms with E-state index in [9.17, 15) is 20.0 Å². The van der Waals surface area contributed by atoms with E-state index in [1.807, 2.05) is 67.6 Å². The number of amides is 2. The van der Waals surface area contributed by atoms with Gasteiger partial charge in [0.15, 0.2) is 6.29 Å². The summed E-state index contributed by atoms with van der Waals surface area (Å²) in [7, 11) is 0. The fourth-order valence-corrected chi connectivity index (χ4v) is 5.49. The second kappa shape index (κ2) is 14.4. The van der Waals surface area contributed by atoms with Crippen LogP contribution in [0.1, 0.15) is 48.0 Å². The number of anilines is 1. The smallest absolute Gasteiger partial charge is 0.315 e. The predicted octanol–water partition coefficient (Wildman–Crippen LogP) is 4.27. The molecule has 43 heavy (non-hydrogen) atoms. The number of aliphatic hydroxyl groups is 1. The van der Waals surface area contributed by atoms with Crippen molar-refractivity contribution in [2.24, 2.45) is 0 Å². The third kappa shape index (κ3) is 8.08. The van der Waals surface area contributed by atoms with Gasteiger partial charge >= 0.3 is 6.03 Å². The topological polar surface area (TPSA) is 129 Å². The predicted molar refractivity (Wildman–Crippen MR) is 163 cm³/mol. The van der Waals surface area contributed by atoms with Crippen LogP contribution in [0, 0.1) is 10.1 Å². The number of ether oxygens (including phenoxy) is 2. The van der Waals surface area contributed by atoms with Crippen molar-refractivity contribution in [3.8, 4) is 0 Å². The van der Waals surface area contributed by atoms with E-state index in [0.29, 0.717) is 19.5 Å². The van der Waals surface area contributed by atoms with E-state index in [4.69, 9.17) is 9.47 Å². The molecule has 11 nitrogen and oxygen atoms in total. The van der Waals surface area contributed by atoms with Crippen LogP contribution in [0.15, 0.2) is 72.8 Å². The summed E-state index contributed by atoms with van der Waals surface area (Å²) in [6.45, 7) is 6.97. The number of non-ortho nitro benzene ring substituents is 1. The molecule has 0 bridgehead atoms. The molecule has 2 amide bonds. The first kappa shape index (κ1) is 30.4. The molecular formula is C32H39N5O6. The molecule has 2 heterocycles. The van der Waals surface area contributed by atoms with E-state index in [-0.39, 0.29) is 35.5 Å². The third-order valence-electron chi connectivity index (χ3n) is 7.92. The third-order valence-corrected chi connectivity index (χ3v) is 7.92. The Kier molecular flexibility index (Phi) is 10.2. The van der Waals surface area contributed by atoms with Crippen molar-refractivity contribution in [3.63, 3.8) is 0 Å². The first-order chi connectivity index (χ1) is 20.9. The van der Waals surface area contributed by atoms with Gasteiger partial charge in [-0.25, -0.2) is 4.79 Å². The van der Waals surface area contributed by atoms with E-state index < -0.39 is 6.29 Å². The monoisotopic (exact) mass is 589 g/mol. The lowest BCUT2D eigenvalue weighted by atomic mass is 9.99. The van der Waals surface area contributed by atoms with E-state index in [1.54, 1.807) is 12.1 Å². The quantitative estimate of drug-likeness (QED) is 0.236. The summed E-state index contributed by atoms with van der Waals surface area (Å²) in [4.78, 5) is 27.0. The van der Waals surface area contributed by atoms with Crippen LogP contribution in [0.4, 0.5) is 16.2 Å². The maximum absolute atomic E-state index is 11.8. The molecule has 0 saturated carbocycles. The Bertz CT molecular complexity index is 1340. The SMILES string of the molecule is CCNC(=O)NCc1ccc([C@H]2O[C@@H](CN3CCN(c4ccc([N+](=O)[O-])cc4)CC3)C[C@@H](c3ccc(CO)cc3)O2)cc1. The molecule has 0 aliphatic carbocycles. The summed E-state index contributed by atoms with van der Waals surface area (Å²) in [5, 5.41) is 26.1. The number of rotatable bonds is 10. The van der Waals surface area contributed by atoms with Gasteiger partial charge in [0.1, 0.15) is 0 Å². The molecule has 11 heteroatoms. The Balaban J connectivity index is 1.23. The number of carbonyl (C=O) groups excluding carboxylic acids is 1. The minimum atomic E-state index is -0.548. The number of hydrogen-bond acceptors (Lipinski definition) is 8. The number of benzene rings is 3. The maximum atomic E-state index is 11.8. The highest BCUT2D eigenvalue weighted by atomic mass is 16.7. The average molecular weight is 590 g/mol. The normalized spacial score (nSPS) is 20.9. The van der Waals surface area contributed by atoms with E-state index in [0.717, 1.165) is 60.7 Å². The summed E-state index contributed by atoms with van der Waals surface area (Å²) in [5.41, 5.74) is 4.87. The van der Waals surface area contributed by atoms with Gasteiger partial charge in [-0.3, -0.25) is 15.0 Å². The zero-order chi connectivity index (χ0) is 30.2. The lowest BCUT2D eigenvalue weighted by Crippen LogP contribution is -2.49. The Morgan fingerprint density at radius 3 is 2.19 bits per heavy atom. The molecular weight excluding hydrogens is 550 g/mol. The Hall–Kier alpha value is -4.03. The second-order valence-corrected chi connectivity index (χ2v) is 10.9. The molecule has 0 unspecified atom stereocenters. The van der Waals surface area contributed by atoms with Crippen molar-refractivity contribution in [1.29, 1.82) is 0 Å². The Morgan fingerprint density at radius 2 is 1.56 bits per heavy atom. The molecule has 0 radical (unpaired) electrons. The number of nitro benzene ring substituents is 1. The van der Waals surface area contributed by atoms with Crippen molar-refractivity contribution in [2.45, 2.75) is 45.0 Å². The number of urea groups is 1. The van der Waals surface area contributed by atoms with Crippen molar-refractivity contribution >= 4 is 17.4 Å². The van der Waals surface area contributed by atoms with Crippen LogP contribution in [0.25, 0.3) is 0 Å². The molecule has 2 saturated heterocycles. The first-order valence-corrected chi connectivity index (χ1v) is 14.7. The van der Waals surface area contributed by atoms with Crippen LogP contribution in [-0.2, 0) is 22.6 Å². The number of hydrogen-bond donors (Lipinski definition) is 3. The number of nitrogens with one attached hydrogen (secondary N) is 2. The molecule has 3 N–H and O–H groups in total. The highest BCUT2D eigenvalue weighted by Gasteiger charge is 2.34. The van der Waals surface area contributed by atoms with Gasteiger partial charge in [0.2, 0.25) is 0 Å². The molecule has 2 aliphatic rings. The van der Waals surface area contributed by atoms with E-state index in [2.05, 4.69) is 20.4 Å². The van der Waals surface area contributed by atoms with Gasteiger partial charge in [-0.15, -0.1) is 0 Å². The largest absolute Gasteiger partial charge is 0.392 e. The van der Waals surface area contributed by atoms with Gasteiger partial charge in [0.25, 0.3) is 5.69 Å². The first-order valence-electron chi connectivity index (χ1n) is 14.7. The van der Waals surface area contributed by atoms with Gasteiger partial charge in [-0.05, 0) is 35.7 Å². The molecule has 5 rings (SSSR count). The standard InChI is InChI=1S/C32H39N5O6/c1-2-33-32(39)34-20-23-3-9-26(10-4-23)31-42-29(19-30(43-31)25-7-5-24(22-38)6-8-25)21-35-15-17-36(18-16-35)27-11-13-28(14-12-27)37(40)41/h3-14,29-31,38H,2,15-22H2,1H3,(H2,33,34,39)/t29-,30+,31+/m1/s1. The van der Waals surface area contributed by atoms with Crippen molar-refractivity contribution in [3.05, 3.63) is 105 Å². The molecule has 3 aromatic carbocycles. The molecule has 2 fully saturated rings. The molecule has 2 aliphatic heterocycles. The number of aliphatic hydroxyl groups excluding tert-OH is 1. The number of carbonyl (C=O) groups is 1. The van der Waals surface area contributed by atoms with Crippen molar-refractivity contribution < 1.29 is 24.3 Å². The minimum absolute atomic E-state index is 0.00662. The van der Waals surface area contributed by atoms with Crippen LogP contribution in [0.3, 0.4) is 0 Å². The van der Waals surface area contributed by atoms with Gasteiger partial charge < -0.3 is 30.1 Å². The van der Waals surface area contributed by atoms with Crippen molar-refractivity contribution in [1.82, 2.24) is 15.5 Å². The van der Waals surface area contributed by atoms with Crippen LogP contribution in [-0.4, -0.2) is 66.3 Å². The Labute approximate surface area is 251 Å². The maximum Gasteiger partial charge on any atom is 0.315 e. The van der Waals surface area contributed by atoms with E-state index >= 15 is 0 Å². The minimum Gasteiger partial charge on any atom is -0.392 e. The van der Waals surface area contributed by atoms with Gasteiger partial charge in [-0.1, -0.05) is 48.5 Å². The average Bonchev–Trinajstić information content (AvgIpc) is 3.04. The van der Waals surface area contributed by atoms with Crippen molar-refractivity contribution in [2.75, 3.05) is 44.2 Å². The second-order valence-electron chi connectivity index (χ2n) is 10.9. The zero-order valence-electron chi connectivity index (χ0n) is 24.4. The molecule has 3 aromatic rings. The summed E-state index contributed by atoms with van der Waals surface area (Å²) < 4.78 is 13.0. The summed E-state index contributed by atoms with van der Waals surface area (Å²) in [5.74, 6) is 0. The van der Waals surface area contributed by atoms with E-state index in [1.165, 1.54) is 0 Å². The summed E-state index contributed by atoms with van der Waals surface area (Å²) in [6, 6.07) is 22.3. The zero-order valence-corrected chi connectivity index (χ0v) is 24.4. The van der Waals surface area contributed by atoms with Gasteiger partial charge in [-0.2, -0.15) is 0 Å². The Morgan fingerprint density at radius 1 is 0.907 bits per heavy atom. The molecule has 3 atom stereocenters. The summed E-state index contributed by atoms with van der Waals surface area (Å²) >= 11 is 0. The summed E-state index contributed by atoms with van der Waals surface area (Å²) in [6.07, 6.45) is -0.0807. The van der Waals surface area contributed by atoms with Crippen LogP contribution in [0.2, 0.25) is 0 Å². The number of nitrogens with zero attached hydrogens (tertiary/aromatic N) is 3.